The van der Waals surface area contributed by atoms with Crippen LogP contribution in [0.5, 0.6) is 0 Å². The zero-order valence-corrected chi connectivity index (χ0v) is 11.7. The van der Waals surface area contributed by atoms with Gasteiger partial charge in [-0.15, -0.1) is 11.3 Å². The van der Waals surface area contributed by atoms with E-state index in [1.165, 1.54) is 10.7 Å². The average molecular weight is 267 g/mol. The Morgan fingerprint density at radius 1 is 1.44 bits per heavy atom. The van der Waals surface area contributed by atoms with Crippen molar-refractivity contribution in [3.8, 4) is 0 Å². The molecule has 100 valence electrons. The summed E-state index contributed by atoms with van der Waals surface area (Å²) >= 11 is 1.82. The Hall–Kier alpha value is -0.490. The quantitative estimate of drug-likeness (QED) is 0.883. The minimum atomic E-state index is 0.456. The predicted molar refractivity (Wildman–Crippen MR) is 73.1 cm³/mol. The molecule has 1 N–H and O–H groups in total. The summed E-state index contributed by atoms with van der Waals surface area (Å²) in [7, 11) is 2.20. The second kappa shape index (κ2) is 5.65. The summed E-state index contributed by atoms with van der Waals surface area (Å²) in [5.74, 6) is 0.616. The van der Waals surface area contributed by atoms with Crippen LogP contribution in [0, 0.1) is 0 Å². The Kier molecular flexibility index (Phi) is 3.94. The lowest BCUT2D eigenvalue weighted by atomic mass is 9.97. The number of hydrogen-bond acceptors (Lipinski definition) is 5. The van der Waals surface area contributed by atoms with Crippen molar-refractivity contribution >= 4 is 11.3 Å². The molecule has 0 aliphatic carbocycles. The van der Waals surface area contributed by atoms with Crippen molar-refractivity contribution in [3.05, 3.63) is 16.1 Å². The van der Waals surface area contributed by atoms with E-state index in [1.54, 1.807) is 0 Å². The summed E-state index contributed by atoms with van der Waals surface area (Å²) in [6.07, 6.45) is 2.25. The van der Waals surface area contributed by atoms with E-state index >= 15 is 0 Å². The highest BCUT2D eigenvalue weighted by molar-refractivity contribution is 7.09. The minimum absolute atomic E-state index is 0.456. The third-order valence-corrected chi connectivity index (χ3v) is 4.94. The van der Waals surface area contributed by atoms with Gasteiger partial charge in [-0.05, 0) is 19.9 Å². The Morgan fingerprint density at radius 2 is 2.28 bits per heavy atom. The van der Waals surface area contributed by atoms with E-state index < -0.39 is 0 Å². The van der Waals surface area contributed by atoms with E-state index in [0.29, 0.717) is 12.0 Å². The topological polar surface area (TPSA) is 37.4 Å². The molecule has 2 aliphatic rings. The molecule has 2 saturated heterocycles. The van der Waals surface area contributed by atoms with Crippen LogP contribution in [0.2, 0.25) is 0 Å². The van der Waals surface area contributed by atoms with Crippen molar-refractivity contribution in [2.24, 2.45) is 0 Å². The second-order valence-corrected chi connectivity index (χ2v) is 6.09. The van der Waals surface area contributed by atoms with Crippen LogP contribution in [0.25, 0.3) is 0 Å². The van der Waals surface area contributed by atoms with E-state index in [0.717, 1.165) is 45.7 Å². The molecule has 4 nitrogen and oxygen atoms in total. The molecule has 5 heteroatoms. The van der Waals surface area contributed by atoms with Crippen LogP contribution < -0.4 is 5.32 Å². The van der Waals surface area contributed by atoms with Gasteiger partial charge in [0.25, 0.3) is 0 Å². The Balaban J connectivity index is 1.71. The third-order valence-electron chi connectivity index (χ3n) is 3.98. The molecule has 0 spiro atoms. The molecule has 2 aliphatic heterocycles. The summed E-state index contributed by atoms with van der Waals surface area (Å²) in [6, 6.07) is 0.456. The van der Waals surface area contributed by atoms with E-state index in [2.05, 4.69) is 22.6 Å². The summed E-state index contributed by atoms with van der Waals surface area (Å²) < 4.78 is 5.42. The number of ether oxygens (including phenoxy) is 1. The zero-order valence-electron chi connectivity index (χ0n) is 10.9. The van der Waals surface area contributed by atoms with E-state index in [9.17, 15) is 0 Å². The van der Waals surface area contributed by atoms with Crippen LogP contribution in [0.4, 0.5) is 0 Å². The van der Waals surface area contributed by atoms with E-state index in [4.69, 9.17) is 9.72 Å². The average Bonchev–Trinajstić information content (AvgIpc) is 2.90. The van der Waals surface area contributed by atoms with Crippen LogP contribution in [0.15, 0.2) is 5.38 Å². The van der Waals surface area contributed by atoms with Crippen LogP contribution in [-0.4, -0.2) is 49.8 Å². The highest BCUT2D eigenvalue weighted by atomic mass is 32.1. The Labute approximate surface area is 112 Å². The van der Waals surface area contributed by atoms with Crippen molar-refractivity contribution < 1.29 is 4.74 Å². The van der Waals surface area contributed by atoms with Crippen LogP contribution >= 0.6 is 11.3 Å². The molecule has 18 heavy (non-hydrogen) atoms. The molecule has 3 heterocycles. The number of rotatable bonds is 2. The Bertz CT molecular complexity index is 389. The molecule has 0 bridgehead atoms. The van der Waals surface area contributed by atoms with Gasteiger partial charge in [0.05, 0.1) is 11.7 Å². The minimum Gasteiger partial charge on any atom is -0.381 e. The molecular weight excluding hydrogens is 246 g/mol. The standard InChI is InChI=1S/C13H21N3OS/c1-16-5-4-14-8-12(16)13-15-11(9-18-13)10-2-6-17-7-3-10/h9-10,12,14H,2-8H2,1H3. The highest BCUT2D eigenvalue weighted by Gasteiger charge is 2.25. The van der Waals surface area contributed by atoms with Gasteiger partial charge in [-0.25, -0.2) is 4.98 Å². The van der Waals surface area contributed by atoms with Crippen LogP contribution in [-0.2, 0) is 4.74 Å². The second-order valence-electron chi connectivity index (χ2n) is 5.20. The fourth-order valence-corrected chi connectivity index (χ4v) is 3.78. The SMILES string of the molecule is CN1CCNCC1c1nc(C2CCOCC2)cs1. The maximum Gasteiger partial charge on any atom is 0.111 e. The fourth-order valence-electron chi connectivity index (χ4n) is 2.72. The van der Waals surface area contributed by atoms with Gasteiger partial charge in [-0.3, -0.25) is 4.90 Å². The van der Waals surface area contributed by atoms with E-state index in [-0.39, 0.29) is 0 Å². The number of nitrogens with one attached hydrogen (secondary N) is 1. The van der Waals surface area contributed by atoms with Gasteiger partial charge in [0.1, 0.15) is 5.01 Å². The zero-order chi connectivity index (χ0) is 12.4. The first-order valence-electron chi connectivity index (χ1n) is 6.78. The summed E-state index contributed by atoms with van der Waals surface area (Å²) in [5.41, 5.74) is 1.29. The van der Waals surface area contributed by atoms with Crippen molar-refractivity contribution in [3.63, 3.8) is 0 Å². The Morgan fingerprint density at radius 3 is 3.06 bits per heavy atom. The van der Waals surface area contributed by atoms with Crippen molar-refractivity contribution in [2.75, 3.05) is 39.9 Å². The van der Waals surface area contributed by atoms with E-state index in [1.807, 2.05) is 11.3 Å². The molecule has 3 rings (SSSR count). The summed E-state index contributed by atoms with van der Waals surface area (Å²) in [4.78, 5) is 7.30. The number of hydrogen-bond donors (Lipinski definition) is 1. The summed E-state index contributed by atoms with van der Waals surface area (Å²) in [6.45, 7) is 5.00. The largest absolute Gasteiger partial charge is 0.381 e. The lowest BCUT2D eigenvalue weighted by Crippen LogP contribution is -2.43. The molecular formula is C13H21N3OS. The van der Waals surface area contributed by atoms with Crippen molar-refractivity contribution in [1.82, 2.24) is 15.2 Å². The molecule has 1 unspecified atom stereocenters. The van der Waals surface area contributed by atoms with Gasteiger partial charge >= 0.3 is 0 Å². The molecule has 0 aromatic carbocycles. The molecule has 0 saturated carbocycles. The molecule has 1 aromatic heterocycles. The number of likely N-dealkylation sites (N-methyl/N-ethyl adjacent to an activating group) is 1. The number of nitrogens with zero attached hydrogens (tertiary/aromatic N) is 2. The van der Waals surface area contributed by atoms with Gasteiger partial charge in [0.2, 0.25) is 0 Å². The van der Waals surface area contributed by atoms with Gasteiger partial charge in [0, 0.05) is 44.1 Å². The highest BCUT2D eigenvalue weighted by Crippen LogP contribution is 2.31. The smallest absolute Gasteiger partial charge is 0.111 e. The van der Waals surface area contributed by atoms with Crippen molar-refractivity contribution in [1.29, 1.82) is 0 Å². The molecule has 1 aromatic rings. The van der Waals surface area contributed by atoms with Gasteiger partial charge in [-0.1, -0.05) is 0 Å². The van der Waals surface area contributed by atoms with Crippen LogP contribution in [0.1, 0.15) is 35.5 Å². The predicted octanol–water partition coefficient (Wildman–Crippen LogP) is 1.61. The molecule has 0 amide bonds. The van der Waals surface area contributed by atoms with Crippen molar-refractivity contribution in [2.45, 2.75) is 24.8 Å². The number of aromatic nitrogens is 1. The molecule has 2 fully saturated rings. The molecule has 0 radical (unpaired) electrons. The first-order valence-corrected chi connectivity index (χ1v) is 7.66. The monoisotopic (exact) mass is 267 g/mol. The maximum absolute atomic E-state index is 5.42. The fraction of sp³-hybridized carbons (Fsp3) is 0.769. The van der Waals surface area contributed by atoms with Gasteiger partial charge in [0.15, 0.2) is 0 Å². The van der Waals surface area contributed by atoms with Crippen LogP contribution in [0.3, 0.4) is 0 Å². The first kappa shape index (κ1) is 12.5. The van der Waals surface area contributed by atoms with Gasteiger partial charge in [-0.2, -0.15) is 0 Å². The number of thiazole rings is 1. The lowest BCUT2D eigenvalue weighted by molar-refractivity contribution is 0.0845. The normalized spacial score (nSPS) is 27.5. The summed E-state index contributed by atoms with van der Waals surface area (Å²) in [5, 5.41) is 6.98. The third kappa shape index (κ3) is 2.59. The first-order chi connectivity index (χ1) is 8.84. The molecule has 1 atom stereocenters. The maximum atomic E-state index is 5.42. The number of piperazine rings is 1. The lowest BCUT2D eigenvalue weighted by Gasteiger charge is -2.31. The van der Waals surface area contributed by atoms with Gasteiger partial charge < -0.3 is 10.1 Å².